The first-order valence-corrected chi connectivity index (χ1v) is 7.74. The highest BCUT2D eigenvalue weighted by Gasteiger charge is 2.20. The molecule has 0 radical (unpaired) electrons. The molecule has 1 aliphatic heterocycles. The molecule has 0 saturated heterocycles. The van der Waals surface area contributed by atoms with Gasteiger partial charge in [-0.15, -0.1) is 5.10 Å². The number of hydrogen-bond acceptors (Lipinski definition) is 4. The molecule has 1 aliphatic rings. The van der Waals surface area contributed by atoms with E-state index in [1.165, 1.54) is 5.56 Å². The lowest BCUT2D eigenvalue weighted by Crippen LogP contribution is -2.14. The molecule has 3 aromatic rings. The van der Waals surface area contributed by atoms with Crippen LogP contribution in [0, 0.1) is 0 Å². The third-order valence-corrected chi connectivity index (χ3v) is 4.09. The zero-order chi connectivity index (χ0) is 16.5. The fourth-order valence-electron chi connectivity index (χ4n) is 2.84. The number of carbonyl (C=O) groups excluding carboxylic acids is 1. The second kappa shape index (κ2) is 5.81. The molecule has 0 unspecified atom stereocenters. The van der Waals surface area contributed by atoms with Crippen molar-refractivity contribution in [2.75, 3.05) is 12.4 Å². The molecular weight excluding hydrogens is 304 g/mol. The van der Waals surface area contributed by atoms with Gasteiger partial charge in [0.15, 0.2) is 0 Å². The third kappa shape index (κ3) is 2.52. The molecule has 0 aliphatic carbocycles. The van der Waals surface area contributed by atoms with Crippen molar-refractivity contribution >= 4 is 11.9 Å². The number of methoxy groups -OCH3 is 1. The zero-order valence-corrected chi connectivity index (χ0v) is 13.2. The van der Waals surface area contributed by atoms with Gasteiger partial charge in [0.1, 0.15) is 11.6 Å². The molecule has 1 aromatic heterocycles. The van der Waals surface area contributed by atoms with E-state index in [4.69, 9.17) is 4.74 Å². The number of nitrogens with one attached hydrogen (secondary N) is 1. The summed E-state index contributed by atoms with van der Waals surface area (Å²) in [7, 11) is 1.59. The van der Waals surface area contributed by atoms with Crippen LogP contribution in [0.4, 0.5) is 5.95 Å². The number of fused-ring (bicyclic) bond motifs is 3. The number of nitrogens with zero attached hydrogens (tertiary/aromatic N) is 3. The van der Waals surface area contributed by atoms with Gasteiger partial charge < -0.3 is 4.74 Å². The van der Waals surface area contributed by atoms with Crippen LogP contribution >= 0.6 is 0 Å². The van der Waals surface area contributed by atoms with Crippen molar-refractivity contribution < 1.29 is 9.53 Å². The summed E-state index contributed by atoms with van der Waals surface area (Å²) in [6, 6.07) is 15.0. The van der Waals surface area contributed by atoms with Crippen molar-refractivity contribution in [2.24, 2.45) is 0 Å². The summed E-state index contributed by atoms with van der Waals surface area (Å²) in [4.78, 5) is 16.8. The first-order valence-electron chi connectivity index (χ1n) is 7.74. The minimum Gasteiger partial charge on any atom is -0.497 e. The van der Waals surface area contributed by atoms with Crippen LogP contribution in [0.1, 0.15) is 21.7 Å². The molecule has 0 bridgehead atoms. The van der Waals surface area contributed by atoms with Gasteiger partial charge in [0.25, 0.3) is 5.91 Å². The van der Waals surface area contributed by atoms with Crippen molar-refractivity contribution in [3.8, 4) is 11.4 Å². The number of amides is 1. The quantitative estimate of drug-likeness (QED) is 0.805. The largest absolute Gasteiger partial charge is 0.497 e. The van der Waals surface area contributed by atoms with Gasteiger partial charge in [0.05, 0.1) is 12.8 Å². The molecule has 1 amide bonds. The van der Waals surface area contributed by atoms with Crippen molar-refractivity contribution in [1.82, 2.24) is 14.8 Å². The van der Waals surface area contributed by atoms with E-state index >= 15 is 0 Å². The molecule has 6 heteroatoms. The number of benzene rings is 2. The third-order valence-electron chi connectivity index (χ3n) is 4.09. The number of anilines is 1. The van der Waals surface area contributed by atoms with Crippen LogP contribution in [-0.2, 0) is 12.8 Å². The number of aromatic nitrogens is 3. The molecule has 120 valence electrons. The number of para-hydroxylation sites is 1. The number of aryl methyl sites for hydroxylation is 2. The summed E-state index contributed by atoms with van der Waals surface area (Å²) in [5.41, 5.74) is 2.79. The highest BCUT2D eigenvalue weighted by molar-refractivity contribution is 6.03. The van der Waals surface area contributed by atoms with Crippen LogP contribution in [0.2, 0.25) is 0 Å². The smallest absolute Gasteiger partial charge is 0.258 e. The summed E-state index contributed by atoms with van der Waals surface area (Å²) < 4.78 is 6.90. The van der Waals surface area contributed by atoms with Gasteiger partial charge >= 0.3 is 0 Å². The van der Waals surface area contributed by atoms with Crippen molar-refractivity contribution in [2.45, 2.75) is 12.8 Å². The summed E-state index contributed by atoms with van der Waals surface area (Å²) in [6.07, 6.45) is 1.74. The van der Waals surface area contributed by atoms with Gasteiger partial charge in [0, 0.05) is 12.0 Å². The highest BCUT2D eigenvalue weighted by atomic mass is 16.5. The van der Waals surface area contributed by atoms with Crippen LogP contribution in [0.15, 0.2) is 48.5 Å². The van der Waals surface area contributed by atoms with E-state index in [9.17, 15) is 4.79 Å². The molecule has 2 aromatic carbocycles. The Morgan fingerprint density at radius 2 is 1.92 bits per heavy atom. The number of carbonyl (C=O) groups is 1. The Morgan fingerprint density at radius 3 is 2.71 bits per heavy atom. The van der Waals surface area contributed by atoms with Crippen LogP contribution in [0.25, 0.3) is 5.69 Å². The molecule has 1 N–H and O–H groups in total. The summed E-state index contributed by atoms with van der Waals surface area (Å²) in [6.45, 7) is 0. The molecule has 0 spiro atoms. The SMILES string of the molecule is COc1ccc(C(=O)Nc2nc3n(n2)-c2ccccc2CC3)cc1. The van der Waals surface area contributed by atoms with Gasteiger partial charge in [0.2, 0.25) is 5.95 Å². The lowest BCUT2D eigenvalue weighted by Gasteiger charge is -2.15. The Hall–Kier alpha value is -3.15. The first-order chi connectivity index (χ1) is 11.7. The number of rotatable bonds is 3. The average molecular weight is 320 g/mol. The Kier molecular flexibility index (Phi) is 3.49. The van der Waals surface area contributed by atoms with Gasteiger partial charge in [-0.1, -0.05) is 18.2 Å². The standard InChI is InChI=1S/C18H16N4O2/c1-24-14-9-6-13(7-10-14)17(23)20-18-19-16-11-8-12-4-2-3-5-15(12)22(16)21-18/h2-7,9-10H,8,11H2,1H3,(H,20,21,23). The fraction of sp³-hybridized carbons (Fsp3) is 0.167. The monoisotopic (exact) mass is 320 g/mol. The maximum absolute atomic E-state index is 12.3. The predicted molar refractivity (Wildman–Crippen MR) is 89.7 cm³/mol. The molecule has 0 fully saturated rings. The lowest BCUT2D eigenvalue weighted by atomic mass is 10.0. The van der Waals surface area contributed by atoms with Crippen LogP contribution in [0.3, 0.4) is 0 Å². The maximum Gasteiger partial charge on any atom is 0.258 e. The van der Waals surface area contributed by atoms with Gasteiger partial charge in [-0.05, 0) is 42.3 Å². The molecule has 4 rings (SSSR count). The molecule has 24 heavy (non-hydrogen) atoms. The normalized spacial score (nSPS) is 12.2. The van der Waals surface area contributed by atoms with Gasteiger partial charge in [-0.2, -0.15) is 4.98 Å². The lowest BCUT2D eigenvalue weighted by molar-refractivity contribution is 0.102. The highest BCUT2D eigenvalue weighted by Crippen LogP contribution is 2.24. The Morgan fingerprint density at radius 1 is 1.12 bits per heavy atom. The van der Waals surface area contributed by atoms with Gasteiger partial charge in [-0.3, -0.25) is 10.1 Å². The van der Waals surface area contributed by atoms with E-state index in [2.05, 4.69) is 21.5 Å². The zero-order valence-electron chi connectivity index (χ0n) is 13.2. The minimum absolute atomic E-state index is 0.242. The van der Waals surface area contributed by atoms with Crippen LogP contribution < -0.4 is 10.1 Å². The van der Waals surface area contributed by atoms with Crippen molar-refractivity contribution in [3.05, 3.63) is 65.5 Å². The van der Waals surface area contributed by atoms with E-state index in [-0.39, 0.29) is 5.91 Å². The van der Waals surface area contributed by atoms with Gasteiger partial charge in [-0.25, -0.2) is 4.68 Å². The summed E-state index contributed by atoms with van der Waals surface area (Å²) >= 11 is 0. The van der Waals surface area contributed by atoms with E-state index in [1.807, 2.05) is 22.9 Å². The maximum atomic E-state index is 12.3. The number of ether oxygens (including phenoxy) is 1. The van der Waals surface area contributed by atoms with E-state index in [1.54, 1.807) is 31.4 Å². The van der Waals surface area contributed by atoms with E-state index in [0.29, 0.717) is 17.3 Å². The molecule has 0 saturated carbocycles. The predicted octanol–water partition coefficient (Wildman–Crippen LogP) is 2.63. The molecule has 0 atom stereocenters. The average Bonchev–Trinajstić information content (AvgIpc) is 3.04. The van der Waals surface area contributed by atoms with Crippen molar-refractivity contribution in [1.29, 1.82) is 0 Å². The molecule has 6 nitrogen and oxygen atoms in total. The van der Waals surface area contributed by atoms with E-state index < -0.39 is 0 Å². The molecule has 2 heterocycles. The first kappa shape index (κ1) is 14.4. The van der Waals surface area contributed by atoms with Crippen LogP contribution in [-0.4, -0.2) is 27.8 Å². The summed E-state index contributed by atoms with van der Waals surface area (Å²) in [5.74, 6) is 1.65. The topological polar surface area (TPSA) is 69.0 Å². The second-order valence-electron chi connectivity index (χ2n) is 5.57. The van der Waals surface area contributed by atoms with Crippen LogP contribution in [0.5, 0.6) is 5.75 Å². The second-order valence-corrected chi connectivity index (χ2v) is 5.57. The van der Waals surface area contributed by atoms with Crippen molar-refractivity contribution in [3.63, 3.8) is 0 Å². The Balaban J connectivity index is 1.58. The Labute approximate surface area is 139 Å². The fourth-order valence-corrected chi connectivity index (χ4v) is 2.84. The number of hydrogen-bond donors (Lipinski definition) is 1. The summed E-state index contributed by atoms with van der Waals surface area (Å²) in [5, 5.41) is 7.20. The van der Waals surface area contributed by atoms with E-state index in [0.717, 1.165) is 24.4 Å². The minimum atomic E-state index is -0.242. The molecular formula is C18H16N4O2. The Bertz CT molecular complexity index is 900.